The maximum atomic E-state index is 16.1. The number of hydrogen-bond donors (Lipinski definition) is 0. The van der Waals surface area contributed by atoms with Crippen molar-refractivity contribution < 1.29 is 23.1 Å². The van der Waals surface area contributed by atoms with Gasteiger partial charge < -0.3 is 9.64 Å². The van der Waals surface area contributed by atoms with Gasteiger partial charge in [0.1, 0.15) is 28.9 Å². The summed E-state index contributed by atoms with van der Waals surface area (Å²) in [4.78, 5) is 30.4. The summed E-state index contributed by atoms with van der Waals surface area (Å²) in [5.41, 5.74) is -1.37. The van der Waals surface area contributed by atoms with Crippen LogP contribution in [-0.2, 0) is 14.9 Å². The molecule has 6 nitrogen and oxygen atoms in total. The lowest BCUT2D eigenvalue weighted by atomic mass is 9.65. The summed E-state index contributed by atoms with van der Waals surface area (Å²) < 4.78 is 37.0. The minimum atomic E-state index is -1.83. The molecule has 10 heteroatoms. The molecule has 0 unspecified atom stereocenters. The summed E-state index contributed by atoms with van der Waals surface area (Å²) in [6, 6.07) is 16.5. The molecule has 234 valence electrons. The third kappa shape index (κ3) is 5.26. The van der Waals surface area contributed by atoms with Crippen LogP contribution in [0.25, 0.3) is 5.57 Å². The Balaban J connectivity index is 1.90. The van der Waals surface area contributed by atoms with Crippen molar-refractivity contribution in [1.82, 2.24) is 4.90 Å². The molecule has 0 radical (unpaired) electrons. The average molecular weight is 653 g/mol. The number of nitriles is 1. The predicted octanol–water partition coefficient (Wildman–Crippen LogP) is 8.38. The molecule has 0 aromatic heterocycles. The van der Waals surface area contributed by atoms with Crippen molar-refractivity contribution >= 4 is 46.3 Å². The predicted molar refractivity (Wildman–Crippen MR) is 171 cm³/mol. The first kappa shape index (κ1) is 32.5. The Hall–Kier alpha value is -3.93. The molecule has 2 aliphatic heterocycles. The van der Waals surface area contributed by atoms with E-state index >= 15 is 8.78 Å². The number of methoxy groups -OCH3 is 1. The molecule has 0 saturated carbocycles. The van der Waals surface area contributed by atoms with E-state index in [0.717, 1.165) is 6.07 Å². The first-order valence-corrected chi connectivity index (χ1v) is 15.3. The third-order valence-electron chi connectivity index (χ3n) is 8.42. The van der Waals surface area contributed by atoms with E-state index < -0.39 is 46.5 Å². The van der Waals surface area contributed by atoms with Crippen LogP contribution in [0.1, 0.15) is 62.5 Å². The number of anilines is 1. The number of benzene rings is 3. The summed E-state index contributed by atoms with van der Waals surface area (Å²) in [5.74, 6) is -2.77. The van der Waals surface area contributed by atoms with E-state index in [1.54, 1.807) is 35.2 Å². The van der Waals surface area contributed by atoms with Gasteiger partial charge in [0, 0.05) is 27.4 Å². The first-order valence-electron chi connectivity index (χ1n) is 14.5. The summed E-state index contributed by atoms with van der Waals surface area (Å²) in [6.45, 7) is 9.88. The molecular weight excluding hydrogens is 619 g/mol. The number of carbonyl (C=O) groups is 2. The number of hydrogen-bond acceptors (Lipinski definition) is 5. The van der Waals surface area contributed by atoms with Crippen molar-refractivity contribution in [3.05, 3.63) is 105 Å². The van der Waals surface area contributed by atoms with Gasteiger partial charge in [0.05, 0.1) is 29.8 Å². The molecule has 3 aromatic carbocycles. The highest BCUT2D eigenvalue weighted by Crippen LogP contribution is 2.59. The van der Waals surface area contributed by atoms with Crippen molar-refractivity contribution in [3.63, 3.8) is 0 Å². The molecule has 1 fully saturated rings. The Labute approximate surface area is 271 Å². The van der Waals surface area contributed by atoms with Crippen LogP contribution in [0, 0.1) is 34.3 Å². The molecule has 1 saturated heterocycles. The number of fused-ring (bicyclic) bond motifs is 1. The lowest BCUT2D eigenvalue weighted by Crippen LogP contribution is -2.53. The molecule has 0 N–H and O–H groups in total. The highest BCUT2D eigenvalue weighted by molar-refractivity contribution is 6.31. The van der Waals surface area contributed by atoms with Crippen molar-refractivity contribution in [2.75, 3.05) is 12.0 Å². The van der Waals surface area contributed by atoms with Crippen molar-refractivity contribution in [1.29, 1.82) is 5.26 Å². The minimum absolute atomic E-state index is 0.00999. The quantitative estimate of drug-likeness (QED) is 0.250. The van der Waals surface area contributed by atoms with Crippen LogP contribution in [0.4, 0.5) is 14.5 Å². The molecule has 1 amide bonds. The molecular formula is C35H33Cl2F2N3O3. The highest BCUT2D eigenvalue weighted by Gasteiger charge is 2.64. The number of halogens is 4. The van der Waals surface area contributed by atoms with Gasteiger partial charge in [0.2, 0.25) is 0 Å². The van der Waals surface area contributed by atoms with E-state index in [9.17, 15) is 14.9 Å². The second-order valence-electron chi connectivity index (χ2n) is 12.9. The van der Waals surface area contributed by atoms with Gasteiger partial charge in [-0.3, -0.25) is 9.69 Å². The van der Waals surface area contributed by atoms with E-state index in [2.05, 4.69) is 6.07 Å². The molecule has 0 bridgehead atoms. The number of nitrogens with zero attached hydrogens (tertiary/aromatic N) is 3. The molecule has 5 rings (SSSR count). The molecule has 45 heavy (non-hydrogen) atoms. The van der Waals surface area contributed by atoms with Gasteiger partial charge in [-0.15, -0.1) is 0 Å². The maximum absolute atomic E-state index is 16.1. The molecule has 0 aliphatic carbocycles. The molecule has 2 aliphatic rings. The van der Waals surface area contributed by atoms with Crippen LogP contribution in [0.15, 0.2) is 66.4 Å². The number of rotatable bonds is 6. The fourth-order valence-corrected chi connectivity index (χ4v) is 7.02. The lowest BCUT2D eigenvalue weighted by Gasteiger charge is -2.44. The zero-order chi connectivity index (χ0) is 33.0. The van der Waals surface area contributed by atoms with E-state index in [1.165, 1.54) is 31.4 Å². The van der Waals surface area contributed by atoms with Crippen LogP contribution in [0.3, 0.4) is 0 Å². The normalized spacial score (nSPS) is 21.4. The van der Waals surface area contributed by atoms with Crippen LogP contribution < -0.4 is 4.90 Å². The average Bonchev–Trinajstić information content (AvgIpc) is 3.42. The molecule has 2 heterocycles. The van der Waals surface area contributed by atoms with Gasteiger partial charge in [-0.25, -0.2) is 13.6 Å². The van der Waals surface area contributed by atoms with E-state index in [4.69, 9.17) is 27.9 Å². The smallest absolute Gasteiger partial charge is 0.337 e. The Morgan fingerprint density at radius 1 is 1.09 bits per heavy atom. The van der Waals surface area contributed by atoms with Gasteiger partial charge in [-0.05, 0) is 60.2 Å². The third-order valence-corrected chi connectivity index (χ3v) is 8.94. The van der Waals surface area contributed by atoms with Gasteiger partial charge in [0.25, 0.3) is 5.91 Å². The maximum Gasteiger partial charge on any atom is 0.337 e. The largest absolute Gasteiger partial charge is 0.465 e. The molecule has 3 aromatic rings. The zero-order valence-electron chi connectivity index (χ0n) is 25.8. The molecule has 3 atom stereocenters. The fraction of sp³-hybridized carbons (Fsp3) is 0.343. The van der Waals surface area contributed by atoms with Crippen molar-refractivity contribution in [3.8, 4) is 6.07 Å². The monoisotopic (exact) mass is 651 g/mol. The van der Waals surface area contributed by atoms with E-state index in [1.807, 2.05) is 39.5 Å². The number of ether oxygens (including phenoxy) is 1. The number of carbonyl (C=O) groups excluding carboxylic acids is 2. The van der Waals surface area contributed by atoms with Crippen molar-refractivity contribution in [2.24, 2.45) is 11.3 Å². The summed E-state index contributed by atoms with van der Waals surface area (Å²) in [7, 11) is 1.28. The Morgan fingerprint density at radius 2 is 1.76 bits per heavy atom. The number of amides is 1. The minimum Gasteiger partial charge on any atom is -0.465 e. The fourth-order valence-electron chi connectivity index (χ4n) is 6.69. The van der Waals surface area contributed by atoms with Crippen LogP contribution in [0.5, 0.6) is 0 Å². The van der Waals surface area contributed by atoms with Crippen molar-refractivity contribution in [2.45, 2.75) is 58.7 Å². The van der Waals surface area contributed by atoms with Gasteiger partial charge in [-0.1, -0.05) is 76.0 Å². The molecule has 0 spiro atoms. The second kappa shape index (κ2) is 11.8. The Kier molecular flexibility index (Phi) is 8.50. The topological polar surface area (TPSA) is 73.6 Å². The zero-order valence-corrected chi connectivity index (χ0v) is 27.3. The van der Waals surface area contributed by atoms with E-state index in [-0.39, 0.29) is 38.4 Å². The van der Waals surface area contributed by atoms with E-state index in [0.29, 0.717) is 17.7 Å². The summed E-state index contributed by atoms with van der Waals surface area (Å²) in [5, 5.41) is 11.2. The Morgan fingerprint density at radius 3 is 2.31 bits per heavy atom. The first-order chi connectivity index (χ1) is 21.2. The van der Waals surface area contributed by atoms with Gasteiger partial charge in [0.15, 0.2) is 0 Å². The number of esters is 1. The van der Waals surface area contributed by atoms with Crippen LogP contribution in [0.2, 0.25) is 10.0 Å². The van der Waals surface area contributed by atoms with Crippen LogP contribution >= 0.6 is 23.2 Å². The van der Waals surface area contributed by atoms with Crippen LogP contribution in [-0.4, -0.2) is 36.1 Å². The lowest BCUT2D eigenvalue weighted by molar-refractivity contribution is -0.114. The summed E-state index contributed by atoms with van der Waals surface area (Å²) in [6.07, 6.45) is -0.310. The Bertz CT molecular complexity index is 1760. The second-order valence-corrected chi connectivity index (χ2v) is 13.8. The van der Waals surface area contributed by atoms with Gasteiger partial charge in [-0.2, -0.15) is 5.26 Å². The summed E-state index contributed by atoms with van der Waals surface area (Å²) >= 11 is 12.4. The van der Waals surface area contributed by atoms with Gasteiger partial charge >= 0.3 is 5.97 Å². The highest BCUT2D eigenvalue weighted by atomic mass is 35.5. The SMILES string of the molecule is COC(=O)c1ccc(N2C(=O)C3=C(c4cccc(Cl)c4F)[C@@](C#N)(c4ccc(Cl)cc4F)[C@H](CC(C)(C)C)N3[C@@H]2C(C)C)cc1. The standard InChI is InChI=1S/C35H33Cl2F2N3O3/c1-19(2)31-41(22-13-10-20(11-14-22)33(44)45-6)32(43)30-28(23-8-7-9-25(37)29(23)39)35(18-40,24-15-12-21(36)16-26(24)38)27(42(30)31)17-34(3,4)5/h7-16,19,27,31H,17H2,1-6H3/t27-,31+,35-/m0/s1.